The fourth-order valence-corrected chi connectivity index (χ4v) is 2.94. The summed E-state index contributed by atoms with van der Waals surface area (Å²) in [6.45, 7) is 7.22. The highest BCUT2D eigenvalue weighted by atomic mass is 15.3. The molecule has 0 bridgehead atoms. The number of anilines is 4. The van der Waals surface area contributed by atoms with E-state index in [1.807, 2.05) is 14.1 Å². The number of nitrogens with one attached hydrogen (secondary N) is 3. The molecule has 8 nitrogen and oxygen atoms in total. The van der Waals surface area contributed by atoms with Crippen LogP contribution < -0.4 is 20.9 Å². The monoisotopic (exact) mass is 330 g/mol. The molecule has 1 saturated heterocycles. The number of rotatable bonds is 6. The summed E-state index contributed by atoms with van der Waals surface area (Å²) in [5, 5.41) is 9.46. The van der Waals surface area contributed by atoms with Crippen LogP contribution >= 0.6 is 0 Å². The Balaban J connectivity index is 2.18. The smallest absolute Gasteiger partial charge is 0.225 e. The van der Waals surface area contributed by atoms with Crippen LogP contribution in [0.2, 0.25) is 0 Å². The molecule has 3 heterocycles. The maximum absolute atomic E-state index is 4.69. The van der Waals surface area contributed by atoms with Crippen LogP contribution in [0.25, 0.3) is 11.0 Å². The van der Waals surface area contributed by atoms with Crippen LogP contribution in [-0.2, 0) is 0 Å². The van der Waals surface area contributed by atoms with E-state index in [1.54, 1.807) is 0 Å². The Morgan fingerprint density at radius 2 is 1.75 bits per heavy atom. The lowest BCUT2D eigenvalue weighted by Crippen LogP contribution is -2.22. The molecular formula is C16H26N8. The molecule has 0 spiro atoms. The van der Waals surface area contributed by atoms with Crippen LogP contribution in [-0.4, -0.2) is 53.7 Å². The Morgan fingerprint density at radius 3 is 2.38 bits per heavy atom. The second kappa shape index (κ2) is 7.02. The molecule has 0 amide bonds. The lowest BCUT2D eigenvalue weighted by molar-refractivity contribution is 0.659. The van der Waals surface area contributed by atoms with Gasteiger partial charge in [-0.15, -0.1) is 0 Å². The van der Waals surface area contributed by atoms with Crippen LogP contribution in [0.3, 0.4) is 0 Å². The molecule has 0 aromatic carbocycles. The molecule has 130 valence electrons. The van der Waals surface area contributed by atoms with Gasteiger partial charge in [-0.05, 0) is 18.8 Å². The van der Waals surface area contributed by atoms with Crippen LogP contribution in [0, 0.1) is 5.92 Å². The van der Waals surface area contributed by atoms with Crippen molar-refractivity contribution >= 4 is 34.6 Å². The first kappa shape index (κ1) is 16.5. The molecule has 2 aromatic rings. The quantitative estimate of drug-likeness (QED) is 0.742. The third kappa shape index (κ3) is 3.13. The minimum Gasteiger partial charge on any atom is -0.368 e. The molecule has 1 fully saturated rings. The zero-order valence-corrected chi connectivity index (χ0v) is 14.8. The number of aromatic nitrogens is 4. The van der Waals surface area contributed by atoms with Gasteiger partial charge >= 0.3 is 0 Å². The van der Waals surface area contributed by atoms with Crippen molar-refractivity contribution in [1.82, 2.24) is 19.9 Å². The van der Waals surface area contributed by atoms with E-state index in [4.69, 9.17) is 4.98 Å². The fourth-order valence-electron chi connectivity index (χ4n) is 2.94. The molecule has 1 aliphatic rings. The minimum atomic E-state index is 0.579. The summed E-state index contributed by atoms with van der Waals surface area (Å²) in [6.07, 6.45) is 2.19. The average Bonchev–Trinajstić information content (AvgIpc) is 3.04. The normalized spacial score (nSPS) is 17.3. The van der Waals surface area contributed by atoms with Gasteiger partial charge in [0, 0.05) is 33.7 Å². The summed E-state index contributed by atoms with van der Waals surface area (Å²) in [6, 6.07) is 0. The van der Waals surface area contributed by atoms with Crippen molar-refractivity contribution in [3.05, 3.63) is 0 Å². The van der Waals surface area contributed by atoms with Gasteiger partial charge < -0.3 is 20.9 Å². The van der Waals surface area contributed by atoms with Gasteiger partial charge in [0.1, 0.15) is 11.0 Å². The van der Waals surface area contributed by atoms with Crippen molar-refractivity contribution in [2.45, 2.75) is 26.7 Å². The zero-order valence-electron chi connectivity index (χ0n) is 14.8. The fraction of sp³-hybridized carbons (Fsp3) is 0.625. The maximum atomic E-state index is 4.69. The molecule has 0 radical (unpaired) electrons. The summed E-state index contributed by atoms with van der Waals surface area (Å²) < 4.78 is 0. The Morgan fingerprint density at radius 1 is 1.04 bits per heavy atom. The lowest BCUT2D eigenvalue weighted by atomic mass is 10.2. The maximum Gasteiger partial charge on any atom is 0.225 e. The highest BCUT2D eigenvalue weighted by Crippen LogP contribution is 2.31. The first-order chi connectivity index (χ1) is 11.7. The lowest BCUT2D eigenvalue weighted by Gasteiger charge is -2.20. The predicted octanol–water partition coefficient (Wildman–Crippen LogP) is 2.17. The van der Waals surface area contributed by atoms with Crippen molar-refractivity contribution in [3.63, 3.8) is 0 Å². The third-order valence-corrected chi connectivity index (χ3v) is 4.24. The first-order valence-corrected chi connectivity index (χ1v) is 8.60. The minimum absolute atomic E-state index is 0.579. The average molecular weight is 330 g/mol. The molecule has 3 rings (SSSR count). The molecule has 24 heavy (non-hydrogen) atoms. The van der Waals surface area contributed by atoms with Crippen LogP contribution in [0.5, 0.6) is 0 Å². The Kier molecular flexibility index (Phi) is 4.82. The van der Waals surface area contributed by atoms with Crippen molar-refractivity contribution in [2.75, 3.05) is 54.6 Å². The Bertz CT molecular complexity index is 717. The molecule has 0 saturated carbocycles. The van der Waals surface area contributed by atoms with Crippen molar-refractivity contribution < 1.29 is 0 Å². The van der Waals surface area contributed by atoms with Gasteiger partial charge in [0.2, 0.25) is 11.9 Å². The summed E-state index contributed by atoms with van der Waals surface area (Å²) in [5.74, 6) is 3.47. The molecule has 0 aliphatic carbocycles. The van der Waals surface area contributed by atoms with E-state index >= 15 is 0 Å². The highest BCUT2D eigenvalue weighted by molar-refractivity contribution is 5.94. The molecule has 1 atom stereocenters. The van der Waals surface area contributed by atoms with E-state index in [9.17, 15) is 0 Å². The van der Waals surface area contributed by atoms with Crippen LogP contribution in [0.15, 0.2) is 0 Å². The molecule has 3 N–H and O–H groups in total. The van der Waals surface area contributed by atoms with Gasteiger partial charge in [-0.2, -0.15) is 9.97 Å². The summed E-state index contributed by atoms with van der Waals surface area (Å²) >= 11 is 0. The molecule has 2 aromatic heterocycles. The highest BCUT2D eigenvalue weighted by Gasteiger charge is 2.25. The van der Waals surface area contributed by atoms with Gasteiger partial charge in [0.25, 0.3) is 0 Å². The molecular weight excluding hydrogens is 304 g/mol. The van der Waals surface area contributed by atoms with Crippen LogP contribution in [0.1, 0.15) is 26.7 Å². The van der Waals surface area contributed by atoms with Gasteiger partial charge in [0.05, 0.1) is 0 Å². The Labute approximate surface area is 142 Å². The SMILES string of the molecule is CCCNc1nc(NC)nc2c(N3CCC(C)C3)nc(NC)nc12. The number of hydrogen-bond donors (Lipinski definition) is 3. The number of hydrogen-bond acceptors (Lipinski definition) is 8. The Hall–Kier alpha value is -2.38. The number of fused-ring (bicyclic) bond motifs is 1. The standard InChI is InChI=1S/C16H26N8/c1-5-7-19-13-11-12(21-15(17-3)22-13)14(23-16(18-4)20-11)24-8-6-10(2)9-24/h10H,5-9H2,1-4H3,(H,18,20,23)(H2,17,19,21,22). The van der Waals surface area contributed by atoms with Gasteiger partial charge in [0.15, 0.2) is 11.6 Å². The molecule has 1 unspecified atom stereocenters. The zero-order chi connectivity index (χ0) is 17.1. The van der Waals surface area contributed by atoms with E-state index in [1.165, 1.54) is 6.42 Å². The van der Waals surface area contributed by atoms with Crippen LogP contribution in [0.4, 0.5) is 23.5 Å². The van der Waals surface area contributed by atoms with Gasteiger partial charge in [-0.1, -0.05) is 13.8 Å². The van der Waals surface area contributed by atoms with E-state index in [-0.39, 0.29) is 0 Å². The van der Waals surface area contributed by atoms with E-state index in [0.717, 1.165) is 48.7 Å². The van der Waals surface area contributed by atoms with Gasteiger partial charge in [-0.3, -0.25) is 0 Å². The van der Waals surface area contributed by atoms with Gasteiger partial charge in [-0.25, -0.2) is 9.97 Å². The topological polar surface area (TPSA) is 90.9 Å². The third-order valence-electron chi connectivity index (χ3n) is 4.24. The van der Waals surface area contributed by atoms with E-state index in [0.29, 0.717) is 17.8 Å². The molecule has 1 aliphatic heterocycles. The molecule has 8 heteroatoms. The van der Waals surface area contributed by atoms with E-state index < -0.39 is 0 Å². The van der Waals surface area contributed by atoms with Crippen molar-refractivity contribution in [1.29, 1.82) is 0 Å². The first-order valence-electron chi connectivity index (χ1n) is 8.60. The van der Waals surface area contributed by atoms with Crippen molar-refractivity contribution in [2.24, 2.45) is 5.92 Å². The number of nitrogens with zero attached hydrogens (tertiary/aromatic N) is 5. The summed E-state index contributed by atoms with van der Waals surface area (Å²) in [7, 11) is 3.66. The second-order valence-corrected chi connectivity index (χ2v) is 6.23. The van der Waals surface area contributed by atoms with Crippen molar-refractivity contribution in [3.8, 4) is 0 Å². The summed E-state index contributed by atoms with van der Waals surface area (Å²) in [5.41, 5.74) is 1.55. The largest absolute Gasteiger partial charge is 0.368 e. The van der Waals surface area contributed by atoms with E-state index in [2.05, 4.69) is 49.6 Å². The predicted molar refractivity (Wildman–Crippen MR) is 99.0 cm³/mol. The second-order valence-electron chi connectivity index (χ2n) is 6.23. The summed E-state index contributed by atoms with van der Waals surface area (Å²) in [4.78, 5) is 20.8.